The molecule has 1 aliphatic rings. The first-order valence-corrected chi connectivity index (χ1v) is 7.75. The van der Waals surface area contributed by atoms with Gasteiger partial charge in [-0.25, -0.2) is 0 Å². The lowest BCUT2D eigenvalue weighted by molar-refractivity contribution is 0.123. The molecule has 2 aromatic rings. The largest absolute Gasteiger partial charge is 0.492 e. The number of pyridine rings is 1. The van der Waals surface area contributed by atoms with Crippen LogP contribution in [0.15, 0.2) is 54.9 Å². The van der Waals surface area contributed by atoms with Gasteiger partial charge >= 0.3 is 0 Å². The molecule has 1 saturated heterocycles. The van der Waals surface area contributed by atoms with Gasteiger partial charge in [-0.2, -0.15) is 0 Å². The van der Waals surface area contributed by atoms with Crippen molar-refractivity contribution in [2.75, 3.05) is 19.7 Å². The number of nitrogens with zero attached hydrogens (tertiary/aromatic N) is 2. The molecule has 2 heterocycles. The first-order valence-electron chi connectivity index (χ1n) is 7.75. The Bertz CT molecular complexity index is 529. The van der Waals surface area contributed by atoms with Gasteiger partial charge in [0.25, 0.3) is 0 Å². The Balaban J connectivity index is 1.57. The fraction of sp³-hybridized carbons (Fsp3) is 0.389. The second-order valence-electron chi connectivity index (χ2n) is 5.50. The van der Waals surface area contributed by atoms with Crippen molar-refractivity contribution in [3.63, 3.8) is 0 Å². The Morgan fingerprint density at radius 1 is 1.10 bits per heavy atom. The van der Waals surface area contributed by atoms with Crippen LogP contribution in [-0.2, 0) is 0 Å². The van der Waals surface area contributed by atoms with E-state index in [1.165, 1.54) is 24.8 Å². The minimum absolute atomic E-state index is 0.492. The molecule has 1 aromatic heterocycles. The molecule has 1 aliphatic heterocycles. The molecule has 3 heteroatoms. The second kappa shape index (κ2) is 7.23. The standard InChI is InChI=1S/C18H22N2O/c1-2-8-17(9-3-1)21-14-13-20-12-5-4-10-18(20)16-7-6-11-19-15-16/h1-3,6-9,11,15,18H,4-5,10,12-14H2/t18-/m1/s1. The average molecular weight is 282 g/mol. The van der Waals surface area contributed by atoms with Gasteiger partial charge in [0.15, 0.2) is 0 Å². The smallest absolute Gasteiger partial charge is 0.119 e. The van der Waals surface area contributed by atoms with Crippen LogP contribution in [0.2, 0.25) is 0 Å². The fourth-order valence-electron chi connectivity index (χ4n) is 3.01. The topological polar surface area (TPSA) is 25.4 Å². The van der Waals surface area contributed by atoms with E-state index in [0.717, 1.165) is 25.4 Å². The first-order chi connectivity index (χ1) is 10.4. The minimum Gasteiger partial charge on any atom is -0.492 e. The van der Waals surface area contributed by atoms with Crippen molar-refractivity contribution in [1.29, 1.82) is 0 Å². The molecule has 21 heavy (non-hydrogen) atoms. The highest BCUT2D eigenvalue weighted by Gasteiger charge is 2.23. The zero-order valence-electron chi connectivity index (χ0n) is 12.3. The van der Waals surface area contributed by atoms with Gasteiger partial charge in [-0.1, -0.05) is 30.7 Å². The minimum atomic E-state index is 0.492. The van der Waals surface area contributed by atoms with Gasteiger partial charge in [0.1, 0.15) is 12.4 Å². The molecule has 1 aromatic carbocycles. The van der Waals surface area contributed by atoms with Crippen molar-refractivity contribution in [1.82, 2.24) is 9.88 Å². The summed E-state index contributed by atoms with van der Waals surface area (Å²) in [5.74, 6) is 0.951. The van der Waals surface area contributed by atoms with Gasteiger partial charge in [-0.15, -0.1) is 0 Å². The van der Waals surface area contributed by atoms with E-state index in [9.17, 15) is 0 Å². The van der Waals surface area contributed by atoms with Crippen molar-refractivity contribution < 1.29 is 4.74 Å². The number of ether oxygens (including phenoxy) is 1. The summed E-state index contributed by atoms with van der Waals surface area (Å²) in [6.07, 6.45) is 7.64. The van der Waals surface area contributed by atoms with E-state index in [-0.39, 0.29) is 0 Å². The monoisotopic (exact) mass is 282 g/mol. The Kier molecular flexibility index (Phi) is 4.85. The zero-order valence-corrected chi connectivity index (χ0v) is 12.3. The van der Waals surface area contributed by atoms with Crippen molar-refractivity contribution in [2.24, 2.45) is 0 Å². The van der Waals surface area contributed by atoms with E-state index < -0.39 is 0 Å². The fourth-order valence-corrected chi connectivity index (χ4v) is 3.01. The predicted octanol–water partition coefficient (Wildman–Crippen LogP) is 3.69. The quantitative estimate of drug-likeness (QED) is 0.836. The lowest BCUT2D eigenvalue weighted by Crippen LogP contribution is -2.36. The average Bonchev–Trinajstić information content (AvgIpc) is 2.57. The van der Waals surface area contributed by atoms with Crippen LogP contribution in [0.5, 0.6) is 5.75 Å². The van der Waals surface area contributed by atoms with E-state index in [0.29, 0.717) is 6.04 Å². The van der Waals surface area contributed by atoms with Crippen LogP contribution in [0.4, 0.5) is 0 Å². The third-order valence-electron chi connectivity index (χ3n) is 4.07. The van der Waals surface area contributed by atoms with Crippen molar-refractivity contribution >= 4 is 0 Å². The summed E-state index contributed by atoms with van der Waals surface area (Å²) in [6.45, 7) is 2.85. The maximum atomic E-state index is 5.84. The molecule has 0 radical (unpaired) electrons. The van der Waals surface area contributed by atoms with Crippen molar-refractivity contribution in [2.45, 2.75) is 25.3 Å². The Labute approximate surface area is 126 Å². The van der Waals surface area contributed by atoms with Gasteiger partial charge < -0.3 is 4.74 Å². The summed E-state index contributed by atoms with van der Waals surface area (Å²) in [6, 6.07) is 14.8. The lowest BCUT2D eigenvalue weighted by Gasteiger charge is -2.35. The van der Waals surface area contributed by atoms with Crippen LogP contribution >= 0.6 is 0 Å². The summed E-state index contributed by atoms with van der Waals surface area (Å²) in [5.41, 5.74) is 1.33. The molecule has 1 atom stereocenters. The molecule has 0 aliphatic carbocycles. The molecule has 3 rings (SSSR count). The van der Waals surface area contributed by atoms with Crippen LogP contribution < -0.4 is 4.74 Å². The van der Waals surface area contributed by atoms with Crippen LogP contribution in [0.25, 0.3) is 0 Å². The van der Waals surface area contributed by atoms with Gasteiger partial charge in [0, 0.05) is 25.0 Å². The van der Waals surface area contributed by atoms with Gasteiger partial charge in [-0.05, 0) is 43.1 Å². The number of hydrogen-bond donors (Lipinski definition) is 0. The highest BCUT2D eigenvalue weighted by Crippen LogP contribution is 2.29. The van der Waals surface area contributed by atoms with Gasteiger partial charge in [-0.3, -0.25) is 9.88 Å². The highest BCUT2D eigenvalue weighted by molar-refractivity contribution is 5.21. The molecule has 0 bridgehead atoms. The van der Waals surface area contributed by atoms with E-state index in [1.807, 2.05) is 48.8 Å². The van der Waals surface area contributed by atoms with Crippen LogP contribution in [0, 0.1) is 0 Å². The molecule has 110 valence electrons. The summed E-state index contributed by atoms with van der Waals surface area (Å²) < 4.78 is 5.84. The molecule has 0 spiro atoms. The van der Waals surface area contributed by atoms with Crippen LogP contribution in [0.1, 0.15) is 30.9 Å². The van der Waals surface area contributed by atoms with Crippen LogP contribution in [-0.4, -0.2) is 29.6 Å². The molecular weight excluding hydrogens is 260 g/mol. The van der Waals surface area contributed by atoms with E-state index in [1.54, 1.807) is 0 Å². The number of likely N-dealkylation sites (tertiary alicyclic amines) is 1. The molecule has 0 saturated carbocycles. The normalized spacial score (nSPS) is 19.3. The summed E-state index contributed by atoms with van der Waals surface area (Å²) in [4.78, 5) is 6.80. The third kappa shape index (κ3) is 3.82. The number of rotatable bonds is 5. The molecule has 0 N–H and O–H groups in total. The van der Waals surface area contributed by atoms with Gasteiger partial charge in [0.2, 0.25) is 0 Å². The maximum Gasteiger partial charge on any atom is 0.119 e. The summed E-state index contributed by atoms with van der Waals surface area (Å²) >= 11 is 0. The summed E-state index contributed by atoms with van der Waals surface area (Å²) in [7, 11) is 0. The zero-order chi connectivity index (χ0) is 14.3. The van der Waals surface area contributed by atoms with Gasteiger partial charge in [0.05, 0.1) is 0 Å². The number of benzene rings is 1. The summed E-state index contributed by atoms with van der Waals surface area (Å²) in [5, 5.41) is 0. The number of aromatic nitrogens is 1. The maximum absolute atomic E-state index is 5.84. The molecule has 1 fully saturated rings. The number of para-hydroxylation sites is 1. The van der Waals surface area contributed by atoms with Crippen molar-refractivity contribution in [3.8, 4) is 5.75 Å². The lowest BCUT2D eigenvalue weighted by atomic mass is 9.96. The van der Waals surface area contributed by atoms with E-state index in [4.69, 9.17) is 4.74 Å². The molecule has 0 unspecified atom stereocenters. The Morgan fingerprint density at radius 3 is 2.81 bits per heavy atom. The third-order valence-corrected chi connectivity index (χ3v) is 4.07. The Hall–Kier alpha value is -1.87. The highest BCUT2D eigenvalue weighted by atomic mass is 16.5. The predicted molar refractivity (Wildman–Crippen MR) is 84.3 cm³/mol. The molecular formula is C18H22N2O. The molecule has 3 nitrogen and oxygen atoms in total. The Morgan fingerprint density at radius 2 is 2.00 bits per heavy atom. The van der Waals surface area contributed by atoms with E-state index >= 15 is 0 Å². The van der Waals surface area contributed by atoms with Crippen LogP contribution in [0.3, 0.4) is 0 Å². The number of hydrogen-bond acceptors (Lipinski definition) is 3. The van der Waals surface area contributed by atoms with E-state index in [2.05, 4.69) is 16.0 Å². The SMILES string of the molecule is c1ccc(OCCN2CCCC[C@@H]2c2cccnc2)cc1. The first kappa shape index (κ1) is 14.1. The number of piperidine rings is 1. The van der Waals surface area contributed by atoms with Crippen molar-refractivity contribution in [3.05, 3.63) is 60.4 Å². The molecule has 0 amide bonds. The second-order valence-corrected chi connectivity index (χ2v) is 5.50.